The zero-order chi connectivity index (χ0) is 14.0. The van der Waals surface area contributed by atoms with E-state index in [-0.39, 0.29) is 4.90 Å². The molecule has 0 spiro atoms. The predicted molar refractivity (Wildman–Crippen MR) is 78.3 cm³/mol. The Bertz CT molecular complexity index is 717. The molecular weight excluding hydrogens is 330 g/mol. The summed E-state index contributed by atoms with van der Waals surface area (Å²) < 4.78 is 27.5. The number of benzene rings is 1. The lowest BCUT2D eigenvalue weighted by molar-refractivity contribution is 0.600. The van der Waals surface area contributed by atoms with Gasteiger partial charge in [-0.1, -0.05) is 6.07 Å². The maximum Gasteiger partial charge on any atom is 0.264 e. The van der Waals surface area contributed by atoms with E-state index in [1.807, 2.05) is 0 Å². The molecule has 0 aliphatic heterocycles. The second kappa shape index (κ2) is 5.18. The quantitative estimate of drug-likeness (QED) is 0.840. The fourth-order valence-electron chi connectivity index (χ4n) is 1.50. The molecule has 0 amide bonds. The number of hydrogen-bond acceptors (Lipinski definition) is 4. The number of halogens is 1. The Hall–Kier alpha value is -1.60. The highest BCUT2D eigenvalue weighted by molar-refractivity contribution is 9.10. The lowest BCUT2D eigenvalue weighted by Gasteiger charge is -2.11. The van der Waals surface area contributed by atoms with Gasteiger partial charge in [0.15, 0.2) is 0 Å². The largest absolute Gasteiger partial charge is 0.399 e. The highest BCUT2D eigenvalue weighted by atomic mass is 79.9. The Morgan fingerprint density at radius 1 is 1.32 bits per heavy atom. The van der Waals surface area contributed by atoms with Crippen LogP contribution in [0.25, 0.3) is 0 Å². The summed E-state index contributed by atoms with van der Waals surface area (Å²) in [6, 6.07) is 8.12. The number of pyridine rings is 1. The van der Waals surface area contributed by atoms with Crippen molar-refractivity contribution in [2.45, 2.75) is 11.8 Å². The number of nitrogen functional groups attached to an aromatic ring is 1. The van der Waals surface area contributed by atoms with Gasteiger partial charge in [0.2, 0.25) is 0 Å². The van der Waals surface area contributed by atoms with Gasteiger partial charge in [-0.3, -0.25) is 4.72 Å². The van der Waals surface area contributed by atoms with E-state index in [1.54, 1.807) is 31.2 Å². The first-order valence-corrected chi connectivity index (χ1v) is 7.67. The second-order valence-electron chi connectivity index (χ2n) is 3.96. The van der Waals surface area contributed by atoms with E-state index in [0.29, 0.717) is 16.0 Å². The first kappa shape index (κ1) is 13.8. The minimum absolute atomic E-state index is 0.0811. The van der Waals surface area contributed by atoms with Crippen LogP contribution in [0.3, 0.4) is 0 Å². The summed E-state index contributed by atoms with van der Waals surface area (Å²) in [6.07, 6.45) is 1.53. The number of aryl methyl sites for hydroxylation is 1. The Kier molecular flexibility index (Phi) is 3.77. The van der Waals surface area contributed by atoms with Crippen molar-refractivity contribution in [3.8, 4) is 0 Å². The van der Waals surface area contributed by atoms with Crippen molar-refractivity contribution in [3.05, 3.63) is 46.6 Å². The van der Waals surface area contributed by atoms with Crippen molar-refractivity contribution in [1.29, 1.82) is 0 Å². The zero-order valence-corrected chi connectivity index (χ0v) is 12.5. The molecule has 0 unspecified atom stereocenters. The maximum atomic E-state index is 12.3. The van der Waals surface area contributed by atoms with Gasteiger partial charge in [0.05, 0.1) is 0 Å². The molecule has 5 nitrogen and oxygen atoms in total. The van der Waals surface area contributed by atoms with Crippen LogP contribution >= 0.6 is 15.9 Å². The minimum Gasteiger partial charge on any atom is -0.399 e. The second-order valence-corrected chi connectivity index (χ2v) is 6.47. The first-order chi connectivity index (χ1) is 8.90. The summed E-state index contributed by atoms with van der Waals surface area (Å²) in [5, 5.41) is 0. The van der Waals surface area contributed by atoms with Crippen LogP contribution in [0, 0.1) is 6.92 Å². The van der Waals surface area contributed by atoms with Crippen molar-refractivity contribution in [2.75, 3.05) is 10.5 Å². The number of hydrogen-bond donors (Lipinski definition) is 2. The molecule has 0 fully saturated rings. The van der Waals surface area contributed by atoms with Gasteiger partial charge >= 0.3 is 0 Å². The minimum atomic E-state index is -3.73. The van der Waals surface area contributed by atoms with Gasteiger partial charge in [-0.2, -0.15) is 0 Å². The lowest BCUT2D eigenvalue weighted by Crippen LogP contribution is -2.15. The van der Waals surface area contributed by atoms with Crippen molar-refractivity contribution in [1.82, 2.24) is 4.98 Å². The fourth-order valence-corrected chi connectivity index (χ4v) is 3.58. The molecule has 0 saturated heterocycles. The Labute approximate surface area is 120 Å². The molecule has 19 heavy (non-hydrogen) atoms. The van der Waals surface area contributed by atoms with E-state index in [0.717, 1.165) is 5.56 Å². The molecular formula is C12H12BrN3O2S. The molecule has 1 heterocycles. The number of nitrogens with two attached hydrogens (primary N) is 1. The van der Waals surface area contributed by atoms with Crippen LogP contribution in [0.2, 0.25) is 0 Å². The molecule has 1 aromatic heterocycles. The molecule has 7 heteroatoms. The van der Waals surface area contributed by atoms with E-state index < -0.39 is 10.0 Å². The van der Waals surface area contributed by atoms with Gasteiger partial charge < -0.3 is 5.73 Å². The molecule has 0 aliphatic rings. The molecule has 0 radical (unpaired) electrons. The third-order valence-corrected chi connectivity index (χ3v) is 4.82. The molecule has 0 bridgehead atoms. The monoisotopic (exact) mass is 341 g/mol. The van der Waals surface area contributed by atoms with Crippen LogP contribution < -0.4 is 10.5 Å². The third-order valence-electron chi connectivity index (χ3n) is 2.49. The number of aromatic nitrogens is 1. The standard InChI is InChI=1S/C12H12BrN3O2S/c1-8-3-2-6-15-12(8)16-19(17,18)11-7-9(14)4-5-10(11)13/h2-7H,14H2,1H3,(H,15,16). The summed E-state index contributed by atoms with van der Waals surface area (Å²) in [5.41, 5.74) is 6.74. The summed E-state index contributed by atoms with van der Waals surface area (Å²) in [4.78, 5) is 4.09. The van der Waals surface area contributed by atoms with E-state index in [1.165, 1.54) is 12.3 Å². The van der Waals surface area contributed by atoms with Crippen molar-refractivity contribution >= 4 is 37.5 Å². The van der Waals surface area contributed by atoms with Crippen molar-refractivity contribution < 1.29 is 8.42 Å². The van der Waals surface area contributed by atoms with Crippen LogP contribution in [-0.2, 0) is 10.0 Å². The predicted octanol–water partition coefficient (Wildman–Crippen LogP) is 2.54. The highest BCUT2D eigenvalue weighted by Crippen LogP contribution is 2.26. The summed E-state index contributed by atoms with van der Waals surface area (Å²) >= 11 is 3.20. The number of anilines is 2. The molecule has 1 aromatic carbocycles. The average molecular weight is 342 g/mol. The van der Waals surface area contributed by atoms with Gasteiger partial charge in [-0.15, -0.1) is 0 Å². The average Bonchev–Trinajstić information content (AvgIpc) is 2.35. The van der Waals surface area contributed by atoms with Crippen LogP contribution in [0.1, 0.15) is 5.56 Å². The summed E-state index contributed by atoms with van der Waals surface area (Å²) in [6.45, 7) is 1.78. The van der Waals surface area contributed by atoms with Crippen LogP contribution in [-0.4, -0.2) is 13.4 Å². The zero-order valence-electron chi connectivity index (χ0n) is 10.1. The lowest BCUT2D eigenvalue weighted by atomic mass is 10.3. The van der Waals surface area contributed by atoms with E-state index in [9.17, 15) is 8.42 Å². The number of rotatable bonds is 3. The fraction of sp³-hybridized carbons (Fsp3) is 0.0833. The van der Waals surface area contributed by atoms with Gasteiger partial charge in [-0.05, 0) is 52.7 Å². The number of nitrogens with one attached hydrogen (secondary N) is 1. The SMILES string of the molecule is Cc1cccnc1NS(=O)(=O)c1cc(N)ccc1Br. The normalized spacial score (nSPS) is 11.3. The van der Waals surface area contributed by atoms with E-state index in [4.69, 9.17) is 5.73 Å². The highest BCUT2D eigenvalue weighted by Gasteiger charge is 2.19. The number of nitrogens with zero attached hydrogens (tertiary/aromatic N) is 1. The molecule has 0 atom stereocenters. The van der Waals surface area contributed by atoms with E-state index in [2.05, 4.69) is 25.6 Å². The molecule has 2 aromatic rings. The van der Waals surface area contributed by atoms with Gasteiger partial charge in [0.1, 0.15) is 10.7 Å². The summed E-state index contributed by atoms with van der Waals surface area (Å²) in [5.74, 6) is 0.303. The van der Waals surface area contributed by atoms with Gasteiger partial charge in [0.25, 0.3) is 10.0 Å². The number of sulfonamides is 1. The third kappa shape index (κ3) is 3.05. The van der Waals surface area contributed by atoms with Gasteiger partial charge in [-0.25, -0.2) is 13.4 Å². The topological polar surface area (TPSA) is 85.1 Å². The smallest absolute Gasteiger partial charge is 0.264 e. The Morgan fingerprint density at radius 2 is 2.05 bits per heavy atom. The molecule has 2 rings (SSSR count). The molecule has 0 saturated carbocycles. The van der Waals surface area contributed by atoms with Crippen molar-refractivity contribution in [3.63, 3.8) is 0 Å². The molecule has 100 valence electrons. The first-order valence-electron chi connectivity index (χ1n) is 5.39. The Morgan fingerprint density at radius 3 is 2.74 bits per heavy atom. The van der Waals surface area contributed by atoms with Crippen LogP contribution in [0.5, 0.6) is 0 Å². The molecule has 3 N–H and O–H groups in total. The van der Waals surface area contributed by atoms with E-state index >= 15 is 0 Å². The van der Waals surface area contributed by atoms with Crippen molar-refractivity contribution in [2.24, 2.45) is 0 Å². The van der Waals surface area contributed by atoms with Crippen LogP contribution in [0.15, 0.2) is 45.9 Å². The van der Waals surface area contributed by atoms with Gasteiger partial charge in [0, 0.05) is 16.4 Å². The summed E-state index contributed by atoms with van der Waals surface area (Å²) in [7, 11) is -3.73. The van der Waals surface area contributed by atoms with Crippen LogP contribution in [0.4, 0.5) is 11.5 Å². The maximum absolute atomic E-state index is 12.3. The Balaban J connectivity index is 2.44. The molecule has 0 aliphatic carbocycles.